The van der Waals surface area contributed by atoms with Crippen LogP contribution in [0.1, 0.15) is 37.7 Å². The van der Waals surface area contributed by atoms with Gasteiger partial charge in [-0.3, -0.25) is 4.79 Å². The first-order chi connectivity index (χ1) is 11.6. The van der Waals surface area contributed by atoms with Gasteiger partial charge in [-0.2, -0.15) is 5.26 Å². The lowest BCUT2D eigenvalue weighted by Crippen LogP contribution is -2.54. The molecule has 1 aliphatic carbocycles. The average Bonchev–Trinajstić information content (AvgIpc) is 2.59. The van der Waals surface area contributed by atoms with E-state index in [1.54, 1.807) is 6.07 Å². The molecule has 1 aromatic rings. The van der Waals surface area contributed by atoms with Crippen molar-refractivity contribution in [3.05, 3.63) is 29.8 Å². The molecule has 0 radical (unpaired) electrons. The van der Waals surface area contributed by atoms with Crippen molar-refractivity contribution in [1.82, 2.24) is 4.90 Å². The first-order valence-corrected chi connectivity index (χ1v) is 8.69. The van der Waals surface area contributed by atoms with E-state index in [1.807, 2.05) is 29.2 Å². The largest absolute Gasteiger partial charge is 0.479 e. The van der Waals surface area contributed by atoms with E-state index >= 15 is 0 Å². The van der Waals surface area contributed by atoms with E-state index in [4.69, 9.17) is 10.00 Å². The quantitative estimate of drug-likeness (QED) is 0.920. The van der Waals surface area contributed by atoms with Gasteiger partial charge in [-0.25, -0.2) is 0 Å². The molecule has 1 saturated carbocycles. The van der Waals surface area contributed by atoms with Gasteiger partial charge in [0.2, 0.25) is 5.91 Å². The van der Waals surface area contributed by atoms with Gasteiger partial charge in [0.05, 0.1) is 12.0 Å². The van der Waals surface area contributed by atoms with E-state index in [-0.39, 0.29) is 18.4 Å². The van der Waals surface area contributed by atoms with Crippen LogP contribution in [-0.2, 0) is 11.2 Å². The van der Waals surface area contributed by atoms with Crippen molar-refractivity contribution in [2.45, 2.75) is 44.1 Å². The summed E-state index contributed by atoms with van der Waals surface area (Å²) in [6, 6.07) is 9.28. The van der Waals surface area contributed by atoms with Crippen molar-refractivity contribution in [1.29, 1.82) is 5.26 Å². The molecule has 5 heteroatoms. The van der Waals surface area contributed by atoms with Crippen LogP contribution in [0, 0.1) is 17.2 Å². The molecule has 0 spiro atoms. The SMILES string of the molecule is N#CCOc1cccc(CC(=O)N2CCC3(O)CCCCC3C2)c1. The van der Waals surface area contributed by atoms with Gasteiger partial charge in [0.1, 0.15) is 11.8 Å². The molecule has 1 saturated heterocycles. The lowest BCUT2D eigenvalue weighted by molar-refractivity contribution is -0.142. The summed E-state index contributed by atoms with van der Waals surface area (Å²) in [7, 11) is 0. The number of carbonyl (C=O) groups is 1. The average molecular weight is 328 g/mol. The molecule has 1 heterocycles. The number of piperidine rings is 1. The maximum atomic E-state index is 12.6. The van der Waals surface area contributed by atoms with E-state index in [0.717, 1.165) is 31.2 Å². The van der Waals surface area contributed by atoms with Crippen molar-refractivity contribution in [3.8, 4) is 11.8 Å². The Bertz CT molecular complexity index is 640. The molecule has 1 aromatic carbocycles. The standard InChI is InChI=1S/C19H24N2O3/c20-9-11-24-17-6-3-4-15(12-17)13-18(22)21-10-8-19(23)7-2-1-5-16(19)14-21/h3-4,6,12,16,23H,1-2,5,7-8,10-11,13-14H2. The normalized spacial score (nSPS) is 26.3. The highest BCUT2D eigenvalue weighted by Crippen LogP contribution is 2.39. The fourth-order valence-electron chi connectivity index (χ4n) is 3.94. The van der Waals surface area contributed by atoms with Crippen molar-refractivity contribution < 1.29 is 14.6 Å². The summed E-state index contributed by atoms with van der Waals surface area (Å²) in [4.78, 5) is 14.5. The zero-order chi connectivity index (χ0) is 17.0. The Labute approximate surface area is 142 Å². The summed E-state index contributed by atoms with van der Waals surface area (Å²) in [5, 5.41) is 19.3. The second-order valence-corrected chi connectivity index (χ2v) is 6.91. The minimum atomic E-state index is -0.555. The topological polar surface area (TPSA) is 73.6 Å². The molecule has 1 aliphatic heterocycles. The van der Waals surface area contributed by atoms with E-state index in [2.05, 4.69) is 0 Å². The Morgan fingerprint density at radius 1 is 1.42 bits per heavy atom. The Morgan fingerprint density at radius 3 is 3.12 bits per heavy atom. The van der Waals surface area contributed by atoms with Gasteiger partial charge in [-0.15, -0.1) is 0 Å². The molecule has 2 unspecified atom stereocenters. The third kappa shape index (κ3) is 3.70. The predicted octanol–water partition coefficient (Wildman–Crippen LogP) is 2.29. The van der Waals surface area contributed by atoms with Gasteiger partial charge < -0.3 is 14.7 Å². The molecule has 0 aromatic heterocycles. The summed E-state index contributed by atoms with van der Waals surface area (Å²) in [6.45, 7) is 1.31. The number of rotatable bonds is 4. The van der Waals surface area contributed by atoms with Crippen molar-refractivity contribution in [2.24, 2.45) is 5.92 Å². The zero-order valence-electron chi connectivity index (χ0n) is 13.9. The molecule has 2 fully saturated rings. The predicted molar refractivity (Wildman–Crippen MR) is 89.4 cm³/mol. The van der Waals surface area contributed by atoms with Crippen LogP contribution in [-0.4, -0.2) is 41.2 Å². The Hall–Kier alpha value is -2.06. The van der Waals surface area contributed by atoms with E-state index < -0.39 is 5.60 Å². The Morgan fingerprint density at radius 2 is 2.29 bits per heavy atom. The molecule has 2 atom stereocenters. The third-order valence-electron chi connectivity index (χ3n) is 5.34. The minimum Gasteiger partial charge on any atom is -0.479 e. The first kappa shape index (κ1) is 16.8. The molecule has 24 heavy (non-hydrogen) atoms. The van der Waals surface area contributed by atoms with Crippen LogP contribution in [0.4, 0.5) is 0 Å². The maximum absolute atomic E-state index is 12.6. The van der Waals surface area contributed by atoms with Crippen LogP contribution in [0.2, 0.25) is 0 Å². The van der Waals surface area contributed by atoms with Gasteiger partial charge in [0, 0.05) is 19.0 Å². The fourth-order valence-corrected chi connectivity index (χ4v) is 3.94. The number of carbonyl (C=O) groups excluding carboxylic acids is 1. The number of benzene rings is 1. The van der Waals surface area contributed by atoms with E-state index in [0.29, 0.717) is 31.7 Å². The Kier molecular flexibility index (Phi) is 5.06. The number of likely N-dealkylation sites (tertiary alicyclic amines) is 1. The highest BCUT2D eigenvalue weighted by molar-refractivity contribution is 5.79. The zero-order valence-corrected chi connectivity index (χ0v) is 13.9. The molecule has 0 bridgehead atoms. The van der Waals surface area contributed by atoms with Crippen molar-refractivity contribution >= 4 is 5.91 Å². The van der Waals surface area contributed by atoms with Crippen LogP contribution < -0.4 is 4.74 Å². The first-order valence-electron chi connectivity index (χ1n) is 8.69. The highest BCUT2D eigenvalue weighted by atomic mass is 16.5. The van der Waals surface area contributed by atoms with Gasteiger partial charge in [0.25, 0.3) is 0 Å². The number of ether oxygens (including phenoxy) is 1. The summed E-state index contributed by atoms with van der Waals surface area (Å²) in [6.07, 6.45) is 5.14. The second kappa shape index (κ2) is 7.23. The molecule has 3 rings (SSSR count). The number of aliphatic hydroxyl groups is 1. The van der Waals surface area contributed by atoms with Crippen LogP contribution >= 0.6 is 0 Å². The number of nitriles is 1. The number of hydrogen-bond donors (Lipinski definition) is 1. The number of nitrogens with zero attached hydrogens (tertiary/aromatic N) is 2. The van der Waals surface area contributed by atoms with Crippen molar-refractivity contribution in [2.75, 3.05) is 19.7 Å². The van der Waals surface area contributed by atoms with Crippen LogP contribution in [0.3, 0.4) is 0 Å². The second-order valence-electron chi connectivity index (χ2n) is 6.91. The maximum Gasteiger partial charge on any atom is 0.227 e. The van der Waals surface area contributed by atoms with Gasteiger partial charge in [0.15, 0.2) is 6.61 Å². The van der Waals surface area contributed by atoms with Crippen LogP contribution in [0.25, 0.3) is 0 Å². The lowest BCUT2D eigenvalue weighted by atomic mass is 9.71. The van der Waals surface area contributed by atoms with Crippen LogP contribution in [0.5, 0.6) is 5.75 Å². The van der Waals surface area contributed by atoms with Gasteiger partial charge in [-0.05, 0) is 37.0 Å². The Balaban J connectivity index is 1.60. The smallest absolute Gasteiger partial charge is 0.227 e. The fraction of sp³-hybridized carbons (Fsp3) is 0.579. The number of amides is 1. The van der Waals surface area contributed by atoms with E-state index in [1.165, 1.54) is 0 Å². The summed E-state index contributed by atoms with van der Waals surface area (Å²) >= 11 is 0. The molecule has 1 amide bonds. The molecule has 5 nitrogen and oxygen atoms in total. The number of fused-ring (bicyclic) bond motifs is 1. The molecule has 128 valence electrons. The molecular weight excluding hydrogens is 304 g/mol. The molecule has 1 N–H and O–H groups in total. The third-order valence-corrected chi connectivity index (χ3v) is 5.34. The summed E-state index contributed by atoms with van der Waals surface area (Å²) < 4.78 is 5.29. The van der Waals surface area contributed by atoms with E-state index in [9.17, 15) is 9.90 Å². The van der Waals surface area contributed by atoms with Gasteiger partial charge in [-0.1, -0.05) is 25.0 Å². The van der Waals surface area contributed by atoms with Gasteiger partial charge >= 0.3 is 0 Å². The summed E-state index contributed by atoms with van der Waals surface area (Å²) in [5.41, 5.74) is 0.333. The monoisotopic (exact) mass is 328 g/mol. The molecular formula is C19H24N2O3. The minimum absolute atomic E-state index is 0.00376. The van der Waals surface area contributed by atoms with Crippen LogP contribution in [0.15, 0.2) is 24.3 Å². The summed E-state index contributed by atoms with van der Waals surface area (Å²) in [5.74, 6) is 0.927. The lowest BCUT2D eigenvalue weighted by Gasteiger charge is -2.47. The number of hydrogen-bond acceptors (Lipinski definition) is 4. The molecule has 2 aliphatic rings. The highest BCUT2D eigenvalue weighted by Gasteiger charge is 2.43. The van der Waals surface area contributed by atoms with Crippen molar-refractivity contribution in [3.63, 3.8) is 0 Å².